The predicted molar refractivity (Wildman–Crippen MR) is 145 cm³/mol. The number of sulfone groups is 1. The van der Waals surface area contributed by atoms with E-state index in [9.17, 15) is 22.8 Å². The molecule has 0 aromatic heterocycles. The van der Waals surface area contributed by atoms with Crippen molar-refractivity contribution in [2.24, 2.45) is 11.7 Å². The highest BCUT2D eigenvalue weighted by molar-refractivity contribution is 7.91. The van der Waals surface area contributed by atoms with Crippen LogP contribution in [-0.4, -0.2) is 44.2 Å². The van der Waals surface area contributed by atoms with Crippen LogP contribution in [0.3, 0.4) is 0 Å². The molecule has 0 bridgehead atoms. The van der Waals surface area contributed by atoms with E-state index in [2.05, 4.69) is 10.6 Å². The zero-order chi connectivity index (χ0) is 28.4. The number of alkyl carbamates (subject to hydrolysis) is 1. The van der Waals surface area contributed by atoms with Gasteiger partial charge in [0.25, 0.3) is 0 Å². The van der Waals surface area contributed by atoms with Crippen LogP contribution < -0.4 is 21.1 Å². The Labute approximate surface area is 227 Å². The number of ether oxygens (including phenoxy) is 2. The largest absolute Gasteiger partial charge is 0.457 e. The van der Waals surface area contributed by atoms with Crippen molar-refractivity contribution in [1.29, 1.82) is 0 Å². The first-order chi connectivity index (χ1) is 18.5. The molecule has 1 unspecified atom stereocenters. The second kappa shape index (κ2) is 13.4. The molecule has 10 nitrogen and oxygen atoms in total. The maximum atomic E-state index is 13.0. The standard InChI is InChI=1S/C28H31N3O7S/c1-19(2)25(31-28(34)37-17-20-9-5-3-6-10-20)27(33)30-24(26(29)32)18-39(35,36)23-15-13-22(14-16-23)38-21-11-7-4-8-12-21/h3-16,19,24-25H,17-18H2,1-2H3,(H2,29,32)(H,30,33)(H,31,34)/t24?,25-/m0/s1. The minimum atomic E-state index is -4.03. The molecule has 206 valence electrons. The lowest BCUT2D eigenvalue weighted by Crippen LogP contribution is -2.56. The Bertz CT molecular complexity index is 1360. The Morgan fingerprint density at radius 1 is 0.821 bits per heavy atom. The van der Waals surface area contributed by atoms with Gasteiger partial charge in [0.05, 0.1) is 10.6 Å². The van der Waals surface area contributed by atoms with Crippen molar-refractivity contribution < 1.29 is 32.3 Å². The van der Waals surface area contributed by atoms with E-state index < -0.39 is 51.5 Å². The molecular weight excluding hydrogens is 522 g/mol. The van der Waals surface area contributed by atoms with Gasteiger partial charge in [-0.2, -0.15) is 0 Å². The van der Waals surface area contributed by atoms with Crippen LogP contribution in [0, 0.1) is 5.92 Å². The van der Waals surface area contributed by atoms with Crippen molar-refractivity contribution in [2.75, 3.05) is 5.75 Å². The van der Waals surface area contributed by atoms with Gasteiger partial charge in [0.1, 0.15) is 30.2 Å². The highest BCUT2D eigenvalue weighted by Gasteiger charge is 2.31. The van der Waals surface area contributed by atoms with Crippen LogP contribution >= 0.6 is 0 Å². The van der Waals surface area contributed by atoms with Crippen LogP contribution in [0.1, 0.15) is 19.4 Å². The molecule has 3 amide bonds. The molecule has 0 saturated carbocycles. The monoisotopic (exact) mass is 553 g/mol. The molecule has 3 rings (SSSR count). The number of hydrogen-bond acceptors (Lipinski definition) is 7. The average molecular weight is 554 g/mol. The molecule has 3 aromatic rings. The first kappa shape index (κ1) is 29.2. The van der Waals surface area contributed by atoms with E-state index >= 15 is 0 Å². The van der Waals surface area contributed by atoms with Gasteiger partial charge in [-0.05, 0) is 47.9 Å². The lowest BCUT2D eigenvalue weighted by Gasteiger charge is -2.24. The first-order valence-electron chi connectivity index (χ1n) is 12.2. The molecule has 4 N–H and O–H groups in total. The molecule has 0 aliphatic rings. The number of benzene rings is 3. The summed E-state index contributed by atoms with van der Waals surface area (Å²) < 4.78 is 36.9. The fourth-order valence-electron chi connectivity index (χ4n) is 3.54. The van der Waals surface area contributed by atoms with Crippen LogP contribution in [0.25, 0.3) is 0 Å². The van der Waals surface area contributed by atoms with Gasteiger partial charge in [0.15, 0.2) is 9.84 Å². The van der Waals surface area contributed by atoms with Crippen LogP contribution in [0.15, 0.2) is 89.8 Å². The second-order valence-electron chi connectivity index (χ2n) is 9.06. The van der Waals surface area contributed by atoms with Gasteiger partial charge in [-0.1, -0.05) is 62.4 Å². The van der Waals surface area contributed by atoms with Gasteiger partial charge < -0.3 is 25.8 Å². The van der Waals surface area contributed by atoms with Crippen LogP contribution in [0.2, 0.25) is 0 Å². The molecule has 0 radical (unpaired) electrons. The number of nitrogens with two attached hydrogens (primary N) is 1. The van der Waals surface area contributed by atoms with E-state index in [0.29, 0.717) is 11.5 Å². The fourth-order valence-corrected chi connectivity index (χ4v) is 4.97. The second-order valence-corrected chi connectivity index (χ2v) is 11.1. The molecular formula is C28H31N3O7S. The van der Waals surface area contributed by atoms with Crippen molar-refractivity contribution in [1.82, 2.24) is 10.6 Å². The normalized spacial score (nSPS) is 12.7. The van der Waals surface area contributed by atoms with Crippen molar-refractivity contribution in [2.45, 2.75) is 37.4 Å². The van der Waals surface area contributed by atoms with Crippen molar-refractivity contribution in [3.05, 3.63) is 90.5 Å². The Morgan fingerprint density at radius 3 is 1.95 bits per heavy atom. The summed E-state index contributed by atoms with van der Waals surface area (Å²) in [6.45, 7) is 3.35. The van der Waals surface area contributed by atoms with Crippen LogP contribution in [-0.2, 0) is 30.8 Å². The van der Waals surface area contributed by atoms with E-state index in [1.165, 1.54) is 24.3 Å². The smallest absolute Gasteiger partial charge is 0.408 e. The quantitative estimate of drug-likeness (QED) is 0.311. The SMILES string of the molecule is CC(C)[C@H](NC(=O)OCc1ccccc1)C(=O)NC(CS(=O)(=O)c1ccc(Oc2ccccc2)cc1)C(N)=O. The Morgan fingerprint density at radius 2 is 1.38 bits per heavy atom. The third-order valence-corrected chi connectivity index (χ3v) is 7.41. The summed E-state index contributed by atoms with van der Waals surface area (Å²) in [5, 5.41) is 4.82. The van der Waals surface area contributed by atoms with Crippen LogP contribution in [0.5, 0.6) is 11.5 Å². The molecule has 2 atom stereocenters. The summed E-state index contributed by atoms with van der Waals surface area (Å²) >= 11 is 0. The zero-order valence-electron chi connectivity index (χ0n) is 21.6. The van der Waals surface area contributed by atoms with Gasteiger partial charge >= 0.3 is 6.09 Å². The average Bonchev–Trinajstić information content (AvgIpc) is 2.91. The van der Waals surface area contributed by atoms with Gasteiger partial charge in [-0.15, -0.1) is 0 Å². The van der Waals surface area contributed by atoms with Crippen molar-refractivity contribution in [3.8, 4) is 11.5 Å². The third kappa shape index (κ3) is 8.85. The molecule has 0 fully saturated rings. The van der Waals surface area contributed by atoms with Crippen LogP contribution in [0.4, 0.5) is 4.79 Å². The number of hydrogen-bond donors (Lipinski definition) is 3. The fraction of sp³-hybridized carbons (Fsp3) is 0.250. The Kier molecular flexibility index (Phi) is 10.0. The maximum Gasteiger partial charge on any atom is 0.408 e. The summed E-state index contributed by atoms with van der Waals surface area (Å²) in [6.07, 6.45) is -0.839. The molecule has 0 aliphatic heterocycles. The van der Waals surface area contributed by atoms with Gasteiger partial charge in [0, 0.05) is 0 Å². The Hall–Kier alpha value is -4.38. The van der Waals surface area contributed by atoms with E-state index in [0.717, 1.165) is 5.56 Å². The van der Waals surface area contributed by atoms with E-state index in [-0.39, 0.29) is 11.5 Å². The predicted octanol–water partition coefficient (Wildman–Crippen LogP) is 3.17. The summed E-state index contributed by atoms with van der Waals surface area (Å²) in [6, 6.07) is 21.0. The molecule has 11 heteroatoms. The molecule has 0 heterocycles. The molecule has 0 aliphatic carbocycles. The molecule has 0 spiro atoms. The van der Waals surface area contributed by atoms with Crippen molar-refractivity contribution >= 4 is 27.7 Å². The van der Waals surface area contributed by atoms with Gasteiger partial charge in [-0.3, -0.25) is 9.59 Å². The lowest BCUT2D eigenvalue weighted by atomic mass is 10.0. The van der Waals surface area contributed by atoms with E-state index in [4.69, 9.17) is 15.2 Å². The molecule has 39 heavy (non-hydrogen) atoms. The molecule has 3 aromatic carbocycles. The number of amides is 3. The number of primary amides is 1. The summed E-state index contributed by atoms with van der Waals surface area (Å²) in [5.41, 5.74) is 6.18. The van der Waals surface area contributed by atoms with Gasteiger partial charge in [-0.25, -0.2) is 13.2 Å². The summed E-state index contributed by atoms with van der Waals surface area (Å²) in [7, 11) is -4.03. The number of carbonyl (C=O) groups excluding carboxylic acids is 3. The van der Waals surface area contributed by atoms with Crippen molar-refractivity contribution in [3.63, 3.8) is 0 Å². The minimum absolute atomic E-state index is 0.00353. The summed E-state index contributed by atoms with van der Waals surface area (Å²) in [4.78, 5) is 37.3. The maximum absolute atomic E-state index is 13.0. The molecule has 0 saturated heterocycles. The lowest BCUT2D eigenvalue weighted by molar-refractivity contribution is -0.128. The topological polar surface area (TPSA) is 154 Å². The third-order valence-electron chi connectivity index (χ3n) is 5.64. The summed E-state index contributed by atoms with van der Waals surface area (Å²) in [5.74, 6) is -1.98. The number of nitrogens with one attached hydrogen (secondary N) is 2. The number of para-hydroxylation sites is 1. The minimum Gasteiger partial charge on any atom is -0.457 e. The van der Waals surface area contributed by atoms with E-state index in [1.54, 1.807) is 62.4 Å². The highest BCUT2D eigenvalue weighted by atomic mass is 32.2. The van der Waals surface area contributed by atoms with E-state index in [1.807, 2.05) is 12.1 Å². The Balaban J connectivity index is 1.63. The highest BCUT2D eigenvalue weighted by Crippen LogP contribution is 2.23. The van der Waals surface area contributed by atoms with Gasteiger partial charge in [0.2, 0.25) is 11.8 Å². The number of carbonyl (C=O) groups is 3. The zero-order valence-corrected chi connectivity index (χ0v) is 22.4. The first-order valence-corrected chi connectivity index (χ1v) is 13.8. The number of rotatable bonds is 12.